The number of hydrogen-bond donors (Lipinski definition) is 1. The molecule has 1 heterocycles. The van der Waals surface area contributed by atoms with Crippen LogP contribution in [0.15, 0.2) is 28.8 Å². The van der Waals surface area contributed by atoms with Gasteiger partial charge in [-0.15, -0.1) is 12.4 Å². The first-order valence-corrected chi connectivity index (χ1v) is 5.81. The highest BCUT2D eigenvalue weighted by Gasteiger charge is 2.19. The Morgan fingerprint density at radius 3 is 2.56 bits per heavy atom. The summed E-state index contributed by atoms with van der Waals surface area (Å²) in [7, 11) is 0. The molecule has 2 N–H and O–H groups in total. The van der Waals surface area contributed by atoms with Crippen LogP contribution in [0.4, 0.5) is 0 Å². The van der Waals surface area contributed by atoms with Crippen LogP contribution in [-0.2, 0) is 0 Å². The Hall–Kier alpha value is -1.10. The van der Waals surface area contributed by atoms with Gasteiger partial charge in [-0.05, 0) is 18.1 Å². The zero-order valence-electron chi connectivity index (χ0n) is 10.1. The average molecular weight is 288 g/mol. The van der Waals surface area contributed by atoms with E-state index >= 15 is 0 Å². The molecule has 98 valence electrons. The summed E-state index contributed by atoms with van der Waals surface area (Å²) in [4.78, 5) is 4.28. The van der Waals surface area contributed by atoms with Crippen LogP contribution in [-0.4, -0.2) is 10.1 Å². The zero-order valence-corrected chi connectivity index (χ0v) is 11.7. The molecule has 0 saturated carbocycles. The molecule has 0 unspecified atom stereocenters. The minimum atomic E-state index is -0.251. The molecular weight excluding hydrogens is 273 g/mol. The molecule has 6 heteroatoms. The van der Waals surface area contributed by atoms with Crippen LogP contribution in [0.3, 0.4) is 0 Å². The van der Waals surface area contributed by atoms with Crippen molar-refractivity contribution in [1.29, 1.82) is 0 Å². The third-order valence-electron chi connectivity index (χ3n) is 2.56. The maximum atomic E-state index is 6.06. The molecule has 1 atom stereocenters. The van der Waals surface area contributed by atoms with E-state index in [1.54, 1.807) is 6.07 Å². The quantitative estimate of drug-likeness (QED) is 0.939. The van der Waals surface area contributed by atoms with E-state index in [0.29, 0.717) is 16.7 Å². The van der Waals surface area contributed by atoms with Gasteiger partial charge in [-0.1, -0.05) is 42.7 Å². The predicted molar refractivity (Wildman–Crippen MR) is 73.8 cm³/mol. The molecule has 18 heavy (non-hydrogen) atoms. The number of rotatable bonds is 3. The average Bonchev–Trinajstić information content (AvgIpc) is 2.77. The van der Waals surface area contributed by atoms with Crippen LogP contribution in [0.5, 0.6) is 0 Å². The Morgan fingerprint density at radius 1 is 1.28 bits per heavy atom. The molecule has 0 bridgehead atoms. The van der Waals surface area contributed by atoms with E-state index in [0.717, 1.165) is 5.56 Å². The SMILES string of the molecule is CC(C)[C@@H](N)c1nc(-c2ccccc2Cl)no1.Cl. The molecule has 2 aromatic rings. The Morgan fingerprint density at radius 2 is 1.94 bits per heavy atom. The fourth-order valence-corrected chi connectivity index (χ4v) is 1.63. The first kappa shape index (κ1) is 15.0. The molecule has 0 amide bonds. The Balaban J connectivity index is 0.00000162. The van der Waals surface area contributed by atoms with Gasteiger partial charge in [0.05, 0.1) is 11.1 Å². The zero-order chi connectivity index (χ0) is 12.4. The van der Waals surface area contributed by atoms with Crippen molar-refractivity contribution in [1.82, 2.24) is 10.1 Å². The van der Waals surface area contributed by atoms with Crippen molar-refractivity contribution in [3.05, 3.63) is 35.2 Å². The third kappa shape index (κ3) is 3.02. The summed E-state index contributed by atoms with van der Waals surface area (Å²) in [6, 6.07) is 7.11. The van der Waals surface area contributed by atoms with E-state index in [1.165, 1.54) is 0 Å². The molecule has 0 fully saturated rings. The fraction of sp³-hybridized carbons (Fsp3) is 0.333. The van der Waals surface area contributed by atoms with Crippen molar-refractivity contribution < 1.29 is 4.52 Å². The van der Waals surface area contributed by atoms with Crippen LogP contribution in [0.25, 0.3) is 11.4 Å². The molecule has 0 aliphatic rings. The Labute approximate surface area is 117 Å². The molecule has 1 aromatic heterocycles. The van der Waals surface area contributed by atoms with Gasteiger partial charge < -0.3 is 10.3 Å². The Kier molecular flexibility index (Phi) is 5.14. The maximum absolute atomic E-state index is 6.06. The number of hydrogen-bond acceptors (Lipinski definition) is 4. The summed E-state index contributed by atoms with van der Waals surface area (Å²) in [6.45, 7) is 4.01. The van der Waals surface area contributed by atoms with Gasteiger partial charge in [0.15, 0.2) is 0 Å². The standard InChI is InChI=1S/C12H14ClN3O.ClH/c1-7(2)10(14)12-15-11(16-17-12)8-5-3-4-6-9(8)13;/h3-7,10H,14H2,1-2H3;1H/t10-;/m1./s1. The van der Waals surface area contributed by atoms with Gasteiger partial charge in [0.1, 0.15) is 0 Å². The second kappa shape index (κ2) is 6.18. The van der Waals surface area contributed by atoms with E-state index in [2.05, 4.69) is 10.1 Å². The van der Waals surface area contributed by atoms with E-state index < -0.39 is 0 Å². The lowest BCUT2D eigenvalue weighted by Gasteiger charge is -2.09. The summed E-state index contributed by atoms with van der Waals surface area (Å²) in [5.41, 5.74) is 6.69. The molecule has 2 rings (SSSR count). The molecule has 0 radical (unpaired) electrons. The first-order valence-electron chi connectivity index (χ1n) is 5.43. The van der Waals surface area contributed by atoms with Crippen LogP contribution >= 0.6 is 24.0 Å². The molecule has 4 nitrogen and oxygen atoms in total. The molecular formula is C12H15Cl2N3O. The van der Waals surface area contributed by atoms with Crippen LogP contribution in [0.1, 0.15) is 25.8 Å². The highest BCUT2D eigenvalue weighted by atomic mass is 35.5. The van der Waals surface area contributed by atoms with Gasteiger partial charge in [0, 0.05) is 5.56 Å². The van der Waals surface area contributed by atoms with Gasteiger partial charge >= 0.3 is 0 Å². The van der Waals surface area contributed by atoms with Crippen molar-refractivity contribution in [2.75, 3.05) is 0 Å². The molecule has 0 aliphatic carbocycles. The molecule has 0 saturated heterocycles. The topological polar surface area (TPSA) is 64.9 Å². The summed E-state index contributed by atoms with van der Waals surface area (Å²) in [5.74, 6) is 1.16. The van der Waals surface area contributed by atoms with Crippen molar-refractivity contribution in [3.63, 3.8) is 0 Å². The van der Waals surface area contributed by atoms with Crippen molar-refractivity contribution >= 4 is 24.0 Å². The second-order valence-electron chi connectivity index (χ2n) is 4.21. The van der Waals surface area contributed by atoms with E-state index in [4.69, 9.17) is 21.9 Å². The van der Waals surface area contributed by atoms with Crippen LogP contribution in [0, 0.1) is 5.92 Å². The molecule has 0 aliphatic heterocycles. The lowest BCUT2D eigenvalue weighted by atomic mass is 10.1. The van der Waals surface area contributed by atoms with Gasteiger partial charge in [-0.3, -0.25) is 0 Å². The highest BCUT2D eigenvalue weighted by Crippen LogP contribution is 2.26. The van der Waals surface area contributed by atoms with E-state index in [1.807, 2.05) is 32.0 Å². The molecule has 0 spiro atoms. The lowest BCUT2D eigenvalue weighted by molar-refractivity contribution is 0.325. The van der Waals surface area contributed by atoms with E-state index in [-0.39, 0.29) is 24.4 Å². The number of aromatic nitrogens is 2. The van der Waals surface area contributed by atoms with Crippen molar-refractivity contribution in [2.24, 2.45) is 11.7 Å². The Bertz CT molecular complexity index is 514. The van der Waals surface area contributed by atoms with Crippen LogP contribution < -0.4 is 5.73 Å². The van der Waals surface area contributed by atoms with E-state index in [9.17, 15) is 0 Å². The normalized spacial score (nSPS) is 12.3. The monoisotopic (exact) mass is 287 g/mol. The number of benzene rings is 1. The minimum Gasteiger partial charge on any atom is -0.337 e. The summed E-state index contributed by atoms with van der Waals surface area (Å²) in [5, 5.41) is 4.50. The largest absolute Gasteiger partial charge is 0.337 e. The maximum Gasteiger partial charge on any atom is 0.244 e. The third-order valence-corrected chi connectivity index (χ3v) is 2.89. The summed E-state index contributed by atoms with van der Waals surface area (Å²) < 4.78 is 5.15. The lowest BCUT2D eigenvalue weighted by Crippen LogP contribution is -2.16. The van der Waals surface area contributed by atoms with Crippen molar-refractivity contribution in [3.8, 4) is 11.4 Å². The number of nitrogens with zero attached hydrogens (tertiary/aromatic N) is 2. The summed E-state index contributed by atoms with van der Waals surface area (Å²) in [6.07, 6.45) is 0. The molecule has 1 aromatic carbocycles. The van der Waals surface area contributed by atoms with Gasteiger partial charge in [0.25, 0.3) is 0 Å². The van der Waals surface area contributed by atoms with Gasteiger partial charge in [-0.25, -0.2) is 0 Å². The smallest absolute Gasteiger partial charge is 0.244 e. The van der Waals surface area contributed by atoms with Gasteiger partial charge in [0.2, 0.25) is 11.7 Å². The fourth-order valence-electron chi connectivity index (χ4n) is 1.41. The number of halogens is 2. The highest BCUT2D eigenvalue weighted by molar-refractivity contribution is 6.33. The van der Waals surface area contributed by atoms with Gasteiger partial charge in [-0.2, -0.15) is 4.98 Å². The summed E-state index contributed by atoms with van der Waals surface area (Å²) >= 11 is 6.06. The van der Waals surface area contributed by atoms with Crippen LogP contribution in [0.2, 0.25) is 5.02 Å². The predicted octanol–water partition coefficient (Wildman–Crippen LogP) is 3.47. The second-order valence-corrected chi connectivity index (χ2v) is 4.61. The first-order chi connectivity index (χ1) is 8.09. The van der Waals surface area contributed by atoms with Crippen molar-refractivity contribution in [2.45, 2.75) is 19.9 Å². The minimum absolute atomic E-state index is 0. The number of nitrogens with two attached hydrogens (primary N) is 1.